The first-order chi connectivity index (χ1) is 15.5. The molecule has 33 heavy (non-hydrogen) atoms. The van der Waals surface area contributed by atoms with Crippen LogP contribution in [-0.4, -0.2) is 73.8 Å². The number of hydrogen-bond donors (Lipinski definition) is 5. The first kappa shape index (κ1) is 28.2. The first-order valence-corrected chi connectivity index (χ1v) is 12.2. The maximum atomic E-state index is 12.4. The van der Waals surface area contributed by atoms with Crippen molar-refractivity contribution in [3.05, 3.63) is 29.8 Å². The number of aliphatic imine (C=N–C) groups is 1. The summed E-state index contributed by atoms with van der Waals surface area (Å²) in [5, 5.41) is 21.1. The van der Waals surface area contributed by atoms with E-state index in [4.69, 9.17) is 5.73 Å². The summed E-state index contributed by atoms with van der Waals surface area (Å²) in [6.07, 6.45) is 1.04. The van der Waals surface area contributed by atoms with Gasteiger partial charge < -0.3 is 26.2 Å². The van der Waals surface area contributed by atoms with Crippen molar-refractivity contribution in [2.75, 3.05) is 26.2 Å². The molecule has 1 atom stereocenters. The van der Waals surface area contributed by atoms with Gasteiger partial charge in [-0.25, -0.2) is 22.7 Å². The van der Waals surface area contributed by atoms with E-state index in [1.54, 1.807) is 12.1 Å². The van der Waals surface area contributed by atoms with Gasteiger partial charge in [0.15, 0.2) is 0 Å². The molecule has 6 N–H and O–H groups in total. The van der Waals surface area contributed by atoms with Crippen molar-refractivity contribution >= 4 is 28.0 Å². The number of carboxylic acid groups (broad SMARTS) is 1. The predicted octanol–water partition coefficient (Wildman–Crippen LogP) is 0.871. The number of nitrogens with two attached hydrogens (primary N) is 1. The molecule has 0 aromatic heterocycles. The fourth-order valence-electron chi connectivity index (χ4n) is 2.79. The van der Waals surface area contributed by atoms with Crippen LogP contribution in [0, 0.1) is 12.8 Å². The molecule has 0 fully saturated rings. The molecule has 0 spiro atoms. The number of guanidine groups is 1. The van der Waals surface area contributed by atoms with Crippen LogP contribution < -0.4 is 15.8 Å². The lowest BCUT2D eigenvalue weighted by molar-refractivity contribution is -0.139. The highest BCUT2D eigenvalue weighted by Crippen LogP contribution is 2.09. The van der Waals surface area contributed by atoms with E-state index in [0.717, 1.165) is 12.0 Å². The number of aryl methyl sites for hydroxylation is 1. The van der Waals surface area contributed by atoms with Crippen molar-refractivity contribution in [3.63, 3.8) is 0 Å². The second kappa shape index (κ2) is 13.6. The molecule has 0 bridgehead atoms. The van der Waals surface area contributed by atoms with Gasteiger partial charge in [0.25, 0.3) is 10.0 Å². The summed E-state index contributed by atoms with van der Waals surface area (Å²) in [6.45, 7) is 6.18. The van der Waals surface area contributed by atoms with Crippen molar-refractivity contribution in [2.45, 2.75) is 51.0 Å². The SMILES string of the molecule is Cc1ccc(S(=O)(=O)NC(N)=NCCC[C@H](NC(=O)N(CCO)CCC(C)C)C(=O)O)cc1. The quantitative estimate of drug-likeness (QED) is 0.156. The number of amides is 2. The van der Waals surface area contributed by atoms with Crippen molar-refractivity contribution in [3.8, 4) is 0 Å². The molecule has 1 rings (SSSR count). The third kappa shape index (κ3) is 10.5. The molecular formula is C21H35N5O6S. The Balaban J connectivity index is 2.61. The zero-order valence-electron chi connectivity index (χ0n) is 19.3. The van der Waals surface area contributed by atoms with E-state index >= 15 is 0 Å². The van der Waals surface area contributed by atoms with Gasteiger partial charge in [-0.05, 0) is 44.2 Å². The minimum absolute atomic E-state index is 0.0461. The number of rotatable bonds is 13. The van der Waals surface area contributed by atoms with Gasteiger partial charge in [0.05, 0.1) is 11.5 Å². The van der Waals surface area contributed by atoms with E-state index in [-0.39, 0.29) is 43.4 Å². The molecule has 1 aromatic rings. The number of urea groups is 1. The summed E-state index contributed by atoms with van der Waals surface area (Å²) in [4.78, 5) is 29.3. The Kier molecular flexibility index (Phi) is 11.6. The van der Waals surface area contributed by atoms with Crippen LogP contribution in [0.25, 0.3) is 0 Å². The Labute approximate surface area is 195 Å². The Morgan fingerprint density at radius 2 is 1.79 bits per heavy atom. The molecule has 186 valence electrons. The Morgan fingerprint density at radius 3 is 2.33 bits per heavy atom. The Morgan fingerprint density at radius 1 is 1.15 bits per heavy atom. The number of nitrogens with one attached hydrogen (secondary N) is 2. The normalized spacial score (nSPS) is 12.9. The molecule has 12 heteroatoms. The second-order valence-electron chi connectivity index (χ2n) is 8.06. The molecule has 0 aliphatic heterocycles. The standard InChI is InChI=1S/C21H35N5O6S/c1-15(2)10-12-26(13-14-27)21(30)24-18(19(28)29)5-4-11-23-20(22)25-33(31,32)17-8-6-16(3)7-9-17/h6-9,15,18,27H,4-5,10-14H2,1-3H3,(H,24,30)(H,28,29)(H3,22,23,25)/t18-/m0/s1. The maximum Gasteiger partial charge on any atom is 0.326 e. The van der Waals surface area contributed by atoms with Gasteiger partial charge in [-0.2, -0.15) is 0 Å². The molecule has 0 unspecified atom stereocenters. The summed E-state index contributed by atoms with van der Waals surface area (Å²) < 4.78 is 26.8. The van der Waals surface area contributed by atoms with Gasteiger partial charge >= 0.3 is 12.0 Å². The molecule has 0 aliphatic rings. The number of hydrogen-bond acceptors (Lipinski definition) is 6. The van der Waals surface area contributed by atoms with Crippen LogP contribution in [0.4, 0.5) is 4.79 Å². The molecule has 1 aromatic carbocycles. The third-order valence-corrected chi connectivity index (χ3v) is 6.10. The monoisotopic (exact) mass is 485 g/mol. The summed E-state index contributed by atoms with van der Waals surface area (Å²) in [5.41, 5.74) is 6.57. The van der Waals surface area contributed by atoms with Gasteiger partial charge in [-0.3, -0.25) is 4.99 Å². The third-order valence-electron chi connectivity index (χ3n) is 4.73. The highest BCUT2D eigenvalue weighted by molar-refractivity contribution is 7.90. The van der Waals surface area contributed by atoms with Crippen molar-refractivity contribution in [2.24, 2.45) is 16.6 Å². The van der Waals surface area contributed by atoms with Crippen LogP contribution in [0.1, 0.15) is 38.7 Å². The van der Waals surface area contributed by atoms with Gasteiger partial charge in [-0.15, -0.1) is 0 Å². The molecular weight excluding hydrogens is 450 g/mol. The van der Waals surface area contributed by atoms with E-state index in [0.29, 0.717) is 12.5 Å². The van der Waals surface area contributed by atoms with E-state index in [2.05, 4.69) is 15.0 Å². The van der Waals surface area contributed by atoms with Crippen LogP contribution in [-0.2, 0) is 14.8 Å². The number of nitrogens with zero attached hydrogens (tertiary/aromatic N) is 2. The molecule has 2 amide bonds. The van der Waals surface area contributed by atoms with Crippen LogP contribution in [0.3, 0.4) is 0 Å². The average molecular weight is 486 g/mol. The van der Waals surface area contributed by atoms with Crippen LogP contribution >= 0.6 is 0 Å². The molecule has 0 saturated heterocycles. The molecule has 0 aliphatic carbocycles. The van der Waals surface area contributed by atoms with E-state index in [1.807, 2.05) is 20.8 Å². The van der Waals surface area contributed by atoms with Crippen molar-refractivity contribution in [1.82, 2.24) is 14.9 Å². The fraction of sp³-hybridized carbons (Fsp3) is 0.571. The van der Waals surface area contributed by atoms with Gasteiger partial charge in [0, 0.05) is 19.6 Å². The maximum absolute atomic E-state index is 12.4. The number of carbonyl (C=O) groups excluding carboxylic acids is 1. The minimum atomic E-state index is -3.87. The van der Waals surface area contributed by atoms with Crippen LogP contribution in [0.2, 0.25) is 0 Å². The minimum Gasteiger partial charge on any atom is -0.480 e. The topological polar surface area (TPSA) is 174 Å². The number of sulfonamides is 1. The van der Waals surface area contributed by atoms with Crippen molar-refractivity contribution in [1.29, 1.82) is 0 Å². The van der Waals surface area contributed by atoms with Gasteiger partial charge in [-0.1, -0.05) is 31.5 Å². The van der Waals surface area contributed by atoms with Crippen molar-refractivity contribution < 1.29 is 28.2 Å². The predicted molar refractivity (Wildman–Crippen MR) is 125 cm³/mol. The fourth-order valence-corrected chi connectivity index (χ4v) is 3.74. The average Bonchev–Trinajstić information content (AvgIpc) is 2.72. The highest BCUT2D eigenvalue weighted by atomic mass is 32.2. The second-order valence-corrected chi connectivity index (χ2v) is 9.74. The number of carboxylic acids is 1. The summed E-state index contributed by atoms with van der Waals surface area (Å²) in [6, 6.07) is 4.50. The van der Waals surface area contributed by atoms with E-state index in [1.165, 1.54) is 17.0 Å². The van der Waals surface area contributed by atoms with Crippen LogP contribution in [0.5, 0.6) is 0 Å². The summed E-state index contributed by atoms with van der Waals surface area (Å²) in [7, 11) is -3.87. The highest BCUT2D eigenvalue weighted by Gasteiger charge is 2.23. The van der Waals surface area contributed by atoms with Gasteiger partial charge in [0.2, 0.25) is 5.96 Å². The number of benzene rings is 1. The van der Waals surface area contributed by atoms with E-state index < -0.39 is 28.1 Å². The number of aliphatic carboxylic acids is 1. The smallest absolute Gasteiger partial charge is 0.326 e. The first-order valence-electron chi connectivity index (χ1n) is 10.7. The zero-order chi connectivity index (χ0) is 25.0. The van der Waals surface area contributed by atoms with E-state index in [9.17, 15) is 28.2 Å². The molecule has 0 saturated carbocycles. The lowest BCUT2D eigenvalue weighted by atomic mass is 10.1. The Hall–Kier alpha value is -2.86. The summed E-state index contributed by atoms with van der Waals surface area (Å²) >= 11 is 0. The lowest BCUT2D eigenvalue weighted by Crippen LogP contribution is -2.49. The molecule has 0 radical (unpaired) electrons. The zero-order valence-corrected chi connectivity index (χ0v) is 20.1. The largest absolute Gasteiger partial charge is 0.480 e. The number of aliphatic hydroxyl groups is 1. The number of carbonyl (C=O) groups is 2. The molecule has 11 nitrogen and oxygen atoms in total. The summed E-state index contributed by atoms with van der Waals surface area (Å²) in [5.74, 6) is -1.16. The Bertz CT molecular complexity index is 902. The van der Waals surface area contributed by atoms with Crippen LogP contribution in [0.15, 0.2) is 34.2 Å². The molecule has 0 heterocycles. The number of aliphatic hydroxyl groups excluding tert-OH is 1. The lowest BCUT2D eigenvalue weighted by Gasteiger charge is -2.25. The van der Waals surface area contributed by atoms with Gasteiger partial charge in [0.1, 0.15) is 6.04 Å².